The number of hydrogen-bond acceptors (Lipinski definition) is 1. The SMILES string of the molecule is CC(Cl)(Cl)C(=O)P(c1ccccc1)c1ccccc1. The summed E-state index contributed by atoms with van der Waals surface area (Å²) in [6, 6.07) is 19.3. The van der Waals surface area contributed by atoms with E-state index in [1.165, 1.54) is 6.92 Å². The van der Waals surface area contributed by atoms with Crippen LogP contribution in [0.3, 0.4) is 0 Å². The van der Waals surface area contributed by atoms with Crippen LogP contribution in [-0.2, 0) is 4.79 Å². The first-order valence-electron chi connectivity index (χ1n) is 5.82. The fourth-order valence-corrected chi connectivity index (χ4v) is 4.34. The van der Waals surface area contributed by atoms with Crippen LogP contribution in [0.2, 0.25) is 0 Å². The third-order valence-corrected chi connectivity index (χ3v) is 5.70. The molecule has 0 aliphatic carbocycles. The summed E-state index contributed by atoms with van der Waals surface area (Å²) in [5.41, 5.74) is -0.150. The van der Waals surface area contributed by atoms with Gasteiger partial charge in [-0.3, -0.25) is 4.79 Å². The maximum Gasteiger partial charge on any atom is 0.198 e. The second-order valence-corrected chi connectivity index (χ2v) is 8.02. The third kappa shape index (κ3) is 3.57. The Morgan fingerprint density at radius 3 is 1.58 bits per heavy atom. The minimum absolute atomic E-state index is 0.150. The van der Waals surface area contributed by atoms with Crippen LogP contribution in [0, 0.1) is 0 Å². The normalized spacial score (nSPS) is 11.6. The molecule has 0 fully saturated rings. The summed E-state index contributed by atoms with van der Waals surface area (Å²) in [6.45, 7) is 1.53. The molecule has 0 spiro atoms. The van der Waals surface area contributed by atoms with E-state index in [-0.39, 0.29) is 5.52 Å². The topological polar surface area (TPSA) is 17.1 Å². The van der Waals surface area contributed by atoms with Gasteiger partial charge in [-0.15, -0.1) is 0 Å². The molecule has 19 heavy (non-hydrogen) atoms. The Bertz CT molecular complexity index is 510. The van der Waals surface area contributed by atoms with Gasteiger partial charge in [-0.25, -0.2) is 0 Å². The molecule has 0 N–H and O–H groups in total. The lowest BCUT2D eigenvalue weighted by Crippen LogP contribution is -2.28. The molecule has 0 aliphatic heterocycles. The minimum atomic E-state index is -1.38. The highest BCUT2D eigenvalue weighted by molar-refractivity contribution is 7.88. The minimum Gasteiger partial charge on any atom is -0.290 e. The number of alkyl halides is 2. The molecule has 2 aromatic rings. The Kier molecular flexibility index (Phi) is 4.62. The predicted octanol–water partition coefficient (Wildman–Crippen LogP) is 3.84. The summed E-state index contributed by atoms with van der Waals surface area (Å²) in [4.78, 5) is 12.5. The first-order chi connectivity index (χ1) is 9.00. The Hall–Kier alpha value is -0.880. The zero-order chi connectivity index (χ0) is 13.9. The van der Waals surface area contributed by atoms with Gasteiger partial charge in [-0.05, 0) is 17.5 Å². The second-order valence-electron chi connectivity index (χ2n) is 4.20. The summed E-state index contributed by atoms with van der Waals surface area (Å²) in [6.07, 6.45) is 0. The molecule has 2 rings (SSSR count). The molecular formula is C15H13Cl2OP. The number of rotatable bonds is 4. The van der Waals surface area contributed by atoms with Gasteiger partial charge in [0.1, 0.15) is 0 Å². The van der Waals surface area contributed by atoms with Crippen molar-refractivity contribution >= 4 is 47.3 Å². The lowest BCUT2D eigenvalue weighted by Gasteiger charge is -2.22. The standard InChI is InChI=1S/C15H13Cl2OP/c1-15(16,17)14(18)19(12-8-4-2-5-9-12)13-10-6-3-7-11-13/h2-11H,1H3. The molecule has 0 atom stereocenters. The van der Waals surface area contributed by atoms with Gasteiger partial charge in [-0.2, -0.15) is 0 Å². The van der Waals surface area contributed by atoms with E-state index in [0.717, 1.165) is 10.6 Å². The lowest BCUT2D eigenvalue weighted by molar-refractivity contribution is -0.111. The van der Waals surface area contributed by atoms with Gasteiger partial charge in [0.25, 0.3) is 0 Å². The first kappa shape index (κ1) is 14.5. The Labute approximate surface area is 124 Å². The quantitative estimate of drug-likeness (QED) is 0.619. The van der Waals surface area contributed by atoms with Crippen molar-refractivity contribution in [2.45, 2.75) is 11.3 Å². The van der Waals surface area contributed by atoms with Crippen LogP contribution >= 0.6 is 31.1 Å². The highest BCUT2D eigenvalue weighted by Crippen LogP contribution is 2.42. The van der Waals surface area contributed by atoms with E-state index in [1.807, 2.05) is 60.7 Å². The molecule has 0 saturated carbocycles. The van der Waals surface area contributed by atoms with E-state index in [1.54, 1.807) is 0 Å². The number of carbonyl (C=O) groups excluding carboxylic acids is 1. The molecule has 0 heterocycles. The summed E-state index contributed by atoms with van der Waals surface area (Å²) >= 11 is 12.0. The molecule has 0 radical (unpaired) electrons. The molecular weight excluding hydrogens is 298 g/mol. The molecule has 2 aromatic carbocycles. The average Bonchev–Trinajstić information content (AvgIpc) is 2.40. The monoisotopic (exact) mass is 310 g/mol. The number of carbonyl (C=O) groups is 1. The molecule has 0 bridgehead atoms. The third-order valence-electron chi connectivity index (χ3n) is 2.61. The van der Waals surface area contributed by atoms with Crippen LogP contribution in [0.4, 0.5) is 0 Å². The van der Waals surface area contributed by atoms with Crippen molar-refractivity contribution in [3.63, 3.8) is 0 Å². The van der Waals surface area contributed by atoms with E-state index in [0.29, 0.717) is 0 Å². The summed E-state index contributed by atoms with van der Waals surface area (Å²) in [5.74, 6) is 0. The highest BCUT2D eigenvalue weighted by atomic mass is 35.5. The van der Waals surface area contributed by atoms with Crippen molar-refractivity contribution < 1.29 is 4.79 Å². The van der Waals surface area contributed by atoms with E-state index in [4.69, 9.17) is 23.2 Å². The van der Waals surface area contributed by atoms with Crippen LogP contribution in [0.1, 0.15) is 6.92 Å². The molecule has 0 saturated heterocycles. The van der Waals surface area contributed by atoms with Crippen LogP contribution in [0.5, 0.6) is 0 Å². The van der Waals surface area contributed by atoms with Gasteiger partial charge in [0.15, 0.2) is 9.86 Å². The summed E-state index contributed by atoms with van der Waals surface area (Å²) in [7, 11) is -1.20. The van der Waals surface area contributed by atoms with Crippen LogP contribution in [-0.4, -0.2) is 9.86 Å². The van der Waals surface area contributed by atoms with Gasteiger partial charge >= 0.3 is 0 Å². The van der Waals surface area contributed by atoms with Gasteiger partial charge in [0, 0.05) is 7.92 Å². The highest BCUT2D eigenvalue weighted by Gasteiger charge is 2.35. The molecule has 0 aromatic heterocycles. The lowest BCUT2D eigenvalue weighted by atomic mass is 10.4. The number of hydrogen-bond donors (Lipinski definition) is 0. The molecule has 0 unspecified atom stereocenters. The maximum absolute atomic E-state index is 12.5. The first-order valence-corrected chi connectivity index (χ1v) is 7.92. The average molecular weight is 311 g/mol. The second kappa shape index (κ2) is 6.05. The zero-order valence-corrected chi connectivity index (χ0v) is 12.8. The largest absolute Gasteiger partial charge is 0.290 e. The number of benzene rings is 2. The van der Waals surface area contributed by atoms with Gasteiger partial charge in [0.05, 0.1) is 0 Å². The Balaban J connectivity index is 2.49. The van der Waals surface area contributed by atoms with Crippen molar-refractivity contribution in [2.75, 3.05) is 0 Å². The molecule has 1 nitrogen and oxygen atoms in total. The Morgan fingerprint density at radius 1 is 0.895 bits per heavy atom. The van der Waals surface area contributed by atoms with Crippen molar-refractivity contribution in [3.05, 3.63) is 60.7 Å². The van der Waals surface area contributed by atoms with Gasteiger partial charge < -0.3 is 0 Å². The van der Waals surface area contributed by atoms with Gasteiger partial charge in [0.2, 0.25) is 0 Å². The number of halogens is 2. The van der Waals surface area contributed by atoms with Crippen molar-refractivity contribution in [1.82, 2.24) is 0 Å². The summed E-state index contributed by atoms with van der Waals surface area (Å²) in [5, 5.41) is 1.92. The smallest absolute Gasteiger partial charge is 0.198 e. The van der Waals surface area contributed by atoms with E-state index in [2.05, 4.69) is 0 Å². The molecule has 0 aliphatic rings. The zero-order valence-electron chi connectivity index (χ0n) is 10.4. The molecule has 0 amide bonds. The van der Waals surface area contributed by atoms with E-state index >= 15 is 0 Å². The van der Waals surface area contributed by atoms with Crippen LogP contribution in [0.15, 0.2) is 60.7 Å². The van der Waals surface area contributed by atoms with Crippen molar-refractivity contribution in [2.24, 2.45) is 0 Å². The van der Waals surface area contributed by atoms with E-state index < -0.39 is 12.3 Å². The van der Waals surface area contributed by atoms with E-state index in [9.17, 15) is 4.79 Å². The maximum atomic E-state index is 12.5. The van der Waals surface area contributed by atoms with Gasteiger partial charge in [-0.1, -0.05) is 83.9 Å². The van der Waals surface area contributed by atoms with Crippen LogP contribution < -0.4 is 10.6 Å². The molecule has 4 heteroatoms. The fraction of sp³-hybridized carbons (Fsp3) is 0.133. The Morgan fingerprint density at radius 2 is 1.26 bits per heavy atom. The van der Waals surface area contributed by atoms with Crippen molar-refractivity contribution in [1.29, 1.82) is 0 Å². The fourth-order valence-electron chi connectivity index (χ4n) is 1.73. The predicted molar refractivity (Wildman–Crippen MR) is 84.2 cm³/mol. The summed E-state index contributed by atoms with van der Waals surface area (Å²) < 4.78 is -1.38. The van der Waals surface area contributed by atoms with Crippen LogP contribution in [0.25, 0.3) is 0 Å². The molecule has 98 valence electrons. The van der Waals surface area contributed by atoms with Crippen molar-refractivity contribution in [3.8, 4) is 0 Å².